The van der Waals surface area contributed by atoms with E-state index in [0.29, 0.717) is 12.4 Å². The fourth-order valence-electron chi connectivity index (χ4n) is 2.74. The molecule has 0 aliphatic carbocycles. The fraction of sp³-hybridized carbons (Fsp3) is 0.100. The van der Waals surface area contributed by atoms with Crippen molar-refractivity contribution in [3.05, 3.63) is 82.9 Å². The van der Waals surface area contributed by atoms with Crippen LogP contribution in [0.15, 0.2) is 71.7 Å². The van der Waals surface area contributed by atoms with Gasteiger partial charge < -0.3 is 15.0 Å². The van der Waals surface area contributed by atoms with Gasteiger partial charge in [0.25, 0.3) is 0 Å². The smallest absolute Gasteiger partial charge is 0.326 e. The largest absolute Gasteiger partial charge is 0.489 e. The van der Waals surface area contributed by atoms with E-state index in [2.05, 4.69) is 15.3 Å². The highest BCUT2D eigenvalue weighted by Crippen LogP contribution is 2.22. The van der Waals surface area contributed by atoms with Gasteiger partial charge in [0.1, 0.15) is 18.2 Å². The standard InChI is InChI=1S/C20H18N4O2/c1-24-18-12-21-19(11-17(18)23-20(24)25)22-15-8-5-9-16(10-15)26-13-14-6-3-2-4-7-14/h2-12H,13H2,1H3,(H,21,22)(H,23,25). The van der Waals surface area contributed by atoms with Crippen molar-refractivity contribution in [1.82, 2.24) is 14.5 Å². The summed E-state index contributed by atoms with van der Waals surface area (Å²) in [7, 11) is 1.71. The van der Waals surface area contributed by atoms with Gasteiger partial charge in [-0.3, -0.25) is 4.57 Å². The van der Waals surface area contributed by atoms with Crippen molar-refractivity contribution < 1.29 is 4.74 Å². The Morgan fingerprint density at radius 2 is 1.96 bits per heavy atom. The van der Waals surface area contributed by atoms with Crippen LogP contribution in [0.1, 0.15) is 5.56 Å². The summed E-state index contributed by atoms with van der Waals surface area (Å²) >= 11 is 0. The summed E-state index contributed by atoms with van der Waals surface area (Å²) in [6, 6.07) is 19.5. The van der Waals surface area contributed by atoms with E-state index in [1.165, 1.54) is 4.57 Å². The summed E-state index contributed by atoms with van der Waals surface area (Å²) in [5.74, 6) is 1.42. The minimum atomic E-state index is -0.157. The van der Waals surface area contributed by atoms with Gasteiger partial charge in [0.15, 0.2) is 0 Å². The Kier molecular flexibility index (Phi) is 4.15. The Morgan fingerprint density at radius 3 is 2.81 bits per heavy atom. The zero-order chi connectivity index (χ0) is 17.9. The molecule has 2 heterocycles. The first-order valence-electron chi connectivity index (χ1n) is 8.27. The predicted molar refractivity (Wildman–Crippen MR) is 102 cm³/mol. The average Bonchev–Trinajstić information content (AvgIpc) is 2.95. The van der Waals surface area contributed by atoms with Crippen LogP contribution in [0.2, 0.25) is 0 Å². The molecule has 2 aromatic heterocycles. The van der Waals surface area contributed by atoms with Gasteiger partial charge in [-0.15, -0.1) is 0 Å². The third-order valence-corrected chi connectivity index (χ3v) is 4.15. The molecule has 6 nitrogen and oxygen atoms in total. The highest BCUT2D eigenvalue weighted by atomic mass is 16.5. The Labute approximate surface area is 150 Å². The lowest BCUT2D eigenvalue weighted by molar-refractivity contribution is 0.306. The van der Waals surface area contributed by atoms with Crippen LogP contribution in [-0.2, 0) is 13.7 Å². The van der Waals surface area contributed by atoms with Crippen LogP contribution in [0, 0.1) is 0 Å². The predicted octanol–water partition coefficient (Wildman–Crippen LogP) is 3.58. The molecule has 0 aliphatic heterocycles. The average molecular weight is 346 g/mol. The maximum absolute atomic E-state index is 11.7. The molecular formula is C20H18N4O2. The molecule has 2 aromatic carbocycles. The summed E-state index contributed by atoms with van der Waals surface area (Å²) < 4.78 is 7.38. The zero-order valence-electron chi connectivity index (χ0n) is 14.3. The molecule has 0 fully saturated rings. The first-order valence-corrected chi connectivity index (χ1v) is 8.27. The van der Waals surface area contributed by atoms with E-state index >= 15 is 0 Å². The van der Waals surface area contributed by atoms with Gasteiger partial charge in [0.05, 0.1) is 17.2 Å². The number of ether oxygens (including phenoxy) is 1. The second-order valence-electron chi connectivity index (χ2n) is 6.00. The van der Waals surface area contributed by atoms with E-state index in [1.807, 2.05) is 60.7 Å². The highest BCUT2D eigenvalue weighted by molar-refractivity contribution is 5.78. The van der Waals surface area contributed by atoms with Crippen molar-refractivity contribution in [3.8, 4) is 5.75 Å². The van der Waals surface area contributed by atoms with Crippen LogP contribution < -0.4 is 15.7 Å². The van der Waals surface area contributed by atoms with E-state index in [1.54, 1.807) is 13.2 Å². The lowest BCUT2D eigenvalue weighted by Gasteiger charge is -2.10. The topological polar surface area (TPSA) is 71.9 Å². The van der Waals surface area contributed by atoms with Gasteiger partial charge in [-0.1, -0.05) is 36.4 Å². The second kappa shape index (κ2) is 6.76. The van der Waals surface area contributed by atoms with Gasteiger partial charge >= 0.3 is 5.69 Å². The van der Waals surface area contributed by atoms with Gasteiger partial charge in [-0.05, 0) is 17.7 Å². The monoisotopic (exact) mass is 346 g/mol. The zero-order valence-corrected chi connectivity index (χ0v) is 14.3. The van der Waals surface area contributed by atoms with Crippen molar-refractivity contribution in [3.63, 3.8) is 0 Å². The quantitative estimate of drug-likeness (QED) is 0.579. The molecular weight excluding hydrogens is 328 g/mol. The first-order chi connectivity index (χ1) is 12.7. The summed E-state index contributed by atoms with van der Waals surface area (Å²) in [5, 5.41) is 3.24. The van der Waals surface area contributed by atoms with E-state index < -0.39 is 0 Å². The molecule has 6 heteroatoms. The molecule has 0 atom stereocenters. The molecule has 0 amide bonds. The van der Waals surface area contributed by atoms with E-state index in [4.69, 9.17) is 4.74 Å². The number of hydrogen-bond donors (Lipinski definition) is 2. The molecule has 130 valence electrons. The molecule has 0 unspecified atom stereocenters. The first kappa shape index (κ1) is 16.0. The van der Waals surface area contributed by atoms with Crippen molar-refractivity contribution in [1.29, 1.82) is 0 Å². The van der Waals surface area contributed by atoms with Gasteiger partial charge in [0.2, 0.25) is 0 Å². The lowest BCUT2D eigenvalue weighted by Crippen LogP contribution is -2.11. The van der Waals surface area contributed by atoms with Gasteiger partial charge in [-0.25, -0.2) is 9.78 Å². The number of hydrogen-bond acceptors (Lipinski definition) is 4. The molecule has 4 rings (SSSR count). The van der Waals surface area contributed by atoms with Crippen molar-refractivity contribution in [2.24, 2.45) is 7.05 Å². The number of nitrogens with one attached hydrogen (secondary N) is 2. The normalized spacial score (nSPS) is 10.8. The fourth-order valence-corrected chi connectivity index (χ4v) is 2.74. The van der Waals surface area contributed by atoms with E-state index in [0.717, 1.165) is 28.0 Å². The number of anilines is 2. The van der Waals surface area contributed by atoms with Crippen LogP contribution in [0.25, 0.3) is 11.0 Å². The van der Waals surface area contributed by atoms with Crippen LogP contribution >= 0.6 is 0 Å². The Bertz CT molecular complexity index is 1100. The second-order valence-corrected chi connectivity index (χ2v) is 6.00. The molecule has 0 bridgehead atoms. The van der Waals surface area contributed by atoms with Gasteiger partial charge in [0, 0.05) is 24.9 Å². The number of aryl methyl sites for hydroxylation is 1. The number of imidazole rings is 1. The number of rotatable bonds is 5. The van der Waals surface area contributed by atoms with Crippen LogP contribution in [-0.4, -0.2) is 14.5 Å². The molecule has 2 N–H and O–H groups in total. The van der Waals surface area contributed by atoms with E-state index in [-0.39, 0.29) is 5.69 Å². The third kappa shape index (κ3) is 3.30. The van der Waals surface area contributed by atoms with E-state index in [9.17, 15) is 4.79 Å². The minimum Gasteiger partial charge on any atom is -0.489 e. The number of benzene rings is 2. The summed E-state index contributed by atoms with van der Waals surface area (Å²) in [6.45, 7) is 0.514. The highest BCUT2D eigenvalue weighted by Gasteiger charge is 2.06. The Hall–Kier alpha value is -3.54. The van der Waals surface area contributed by atoms with Crippen molar-refractivity contribution in [2.45, 2.75) is 6.61 Å². The Morgan fingerprint density at radius 1 is 1.12 bits per heavy atom. The van der Waals surface area contributed by atoms with Crippen molar-refractivity contribution >= 4 is 22.5 Å². The Balaban J connectivity index is 1.50. The number of H-pyrrole nitrogens is 1. The molecule has 0 radical (unpaired) electrons. The number of nitrogens with zero attached hydrogens (tertiary/aromatic N) is 2. The van der Waals surface area contributed by atoms with Crippen LogP contribution in [0.3, 0.4) is 0 Å². The maximum Gasteiger partial charge on any atom is 0.326 e. The molecule has 0 spiro atoms. The number of fused-ring (bicyclic) bond motifs is 1. The SMILES string of the molecule is Cn1c(=O)[nH]c2cc(Nc3cccc(OCc4ccccc4)c3)ncc21. The molecule has 4 aromatic rings. The lowest BCUT2D eigenvalue weighted by atomic mass is 10.2. The number of aromatic nitrogens is 3. The van der Waals surface area contributed by atoms with Crippen molar-refractivity contribution in [2.75, 3.05) is 5.32 Å². The number of pyridine rings is 1. The number of aromatic amines is 1. The molecule has 0 saturated heterocycles. The summed E-state index contributed by atoms with van der Waals surface area (Å²) in [5.41, 5.74) is 3.33. The maximum atomic E-state index is 11.7. The molecule has 26 heavy (non-hydrogen) atoms. The third-order valence-electron chi connectivity index (χ3n) is 4.15. The summed E-state index contributed by atoms with van der Waals surface area (Å²) in [6.07, 6.45) is 1.67. The molecule has 0 saturated carbocycles. The van der Waals surface area contributed by atoms with Crippen LogP contribution in [0.4, 0.5) is 11.5 Å². The van der Waals surface area contributed by atoms with Crippen LogP contribution in [0.5, 0.6) is 5.75 Å². The summed E-state index contributed by atoms with van der Waals surface area (Å²) in [4.78, 5) is 18.9. The molecule has 0 aliphatic rings. The minimum absolute atomic E-state index is 0.157. The van der Waals surface area contributed by atoms with Gasteiger partial charge in [-0.2, -0.15) is 0 Å².